The molecule has 5 nitrogen and oxygen atoms in total. The van der Waals surface area contributed by atoms with Crippen LogP contribution in [0.4, 0.5) is 5.69 Å². The van der Waals surface area contributed by atoms with Crippen LogP contribution in [0.1, 0.15) is 21.5 Å². The maximum absolute atomic E-state index is 12.7. The minimum Gasteiger partial charge on any atom is -0.352 e. The van der Waals surface area contributed by atoms with Gasteiger partial charge in [0.1, 0.15) is 0 Å². The molecule has 2 N–H and O–H groups in total. The summed E-state index contributed by atoms with van der Waals surface area (Å²) in [6, 6.07) is 20.4. The number of anilines is 1. The molecule has 0 fully saturated rings. The van der Waals surface area contributed by atoms with Crippen LogP contribution in [-0.4, -0.2) is 20.9 Å². The molecule has 3 rings (SSSR count). The Labute approximate surface area is 175 Å². The number of aryl methyl sites for hydroxylation is 1. The average Bonchev–Trinajstić information content (AvgIpc) is 2.70. The summed E-state index contributed by atoms with van der Waals surface area (Å²) in [6.45, 7) is 2.30. The van der Waals surface area contributed by atoms with Crippen molar-refractivity contribution in [1.82, 2.24) is 5.32 Å². The van der Waals surface area contributed by atoms with Crippen LogP contribution in [0.3, 0.4) is 0 Å². The van der Waals surface area contributed by atoms with Crippen LogP contribution in [0.2, 0.25) is 5.02 Å². The first-order valence-corrected chi connectivity index (χ1v) is 10.9. The molecule has 0 bridgehead atoms. The highest BCUT2D eigenvalue weighted by atomic mass is 35.5. The highest BCUT2D eigenvalue weighted by molar-refractivity contribution is 7.92. The standard InChI is InChI=1S/C22H21ClN2O3S/c1-16-6-12-19(13-7-16)29(27,28)25-21-5-3-2-4-20(21)22(26)24-15-14-17-8-10-18(23)11-9-17/h2-13,25H,14-15H2,1H3,(H,24,26). The lowest BCUT2D eigenvalue weighted by atomic mass is 10.1. The molecular weight excluding hydrogens is 408 g/mol. The summed E-state index contributed by atoms with van der Waals surface area (Å²) in [5, 5.41) is 3.49. The topological polar surface area (TPSA) is 75.3 Å². The maximum Gasteiger partial charge on any atom is 0.261 e. The predicted octanol–water partition coefficient (Wildman–Crippen LogP) is 4.42. The van der Waals surface area contributed by atoms with Crippen LogP contribution in [0.5, 0.6) is 0 Å². The third-order valence-corrected chi connectivity index (χ3v) is 5.99. The highest BCUT2D eigenvalue weighted by Crippen LogP contribution is 2.20. The second-order valence-electron chi connectivity index (χ2n) is 6.60. The Kier molecular flexibility index (Phi) is 6.56. The van der Waals surface area contributed by atoms with Gasteiger partial charge < -0.3 is 5.32 Å². The summed E-state index contributed by atoms with van der Waals surface area (Å²) >= 11 is 5.87. The molecule has 7 heteroatoms. The quantitative estimate of drug-likeness (QED) is 0.584. The van der Waals surface area contributed by atoms with Crippen molar-refractivity contribution in [3.8, 4) is 0 Å². The van der Waals surface area contributed by atoms with Gasteiger partial charge in [0.2, 0.25) is 0 Å². The lowest BCUT2D eigenvalue weighted by Crippen LogP contribution is -2.27. The fourth-order valence-electron chi connectivity index (χ4n) is 2.76. The molecule has 0 aliphatic carbocycles. The zero-order valence-electron chi connectivity index (χ0n) is 15.9. The Morgan fingerprint density at radius 1 is 0.931 bits per heavy atom. The molecule has 0 aliphatic heterocycles. The Balaban J connectivity index is 1.70. The SMILES string of the molecule is Cc1ccc(S(=O)(=O)Nc2ccccc2C(=O)NCCc2ccc(Cl)cc2)cc1. The van der Waals surface area contributed by atoms with E-state index in [9.17, 15) is 13.2 Å². The number of halogens is 1. The molecule has 0 spiro atoms. The minimum atomic E-state index is -3.80. The molecule has 0 saturated heterocycles. The van der Waals surface area contributed by atoms with Crippen molar-refractivity contribution in [2.45, 2.75) is 18.2 Å². The van der Waals surface area contributed by atoms with Gasteiger partial charge in [0.25, 0.3) is 15.9 Å². The fourth-order valence-corrected chi connectivity index (χ4v) is 3.96. The van der Waals surface area contributed by atoms with Crippen LogP contribution < -0.4 is 10.0 Å². The molecule has 0 heterocycles. The van der Waals surface area contributed by atoms with E-state index in [0.29, 0.717) is 18.0 Å². The van der Waals surface area contributed by atoms with Gasteiger partial charge in [0, 0.05) is 11.6 Å². The fraction of sp³-hybridized carbons (Fsp3) is 0.136. The van der Waals surface area contributed by atoms with E-state index in [4.69, 9.17) is 11.6 Å². The molecule has 0 atom stereocenters. The number of amides is 1. The van der Waals surface area contributed by atoms with Gasteiger partial charge >= 0.3 is 0 Å². The molecule has 0 aromatic heterocycles. The van der Waals surface area contributed by atoms with Gasteiger partial charge in [0.05, 0.1) is 16.1 Å². The maximum atomic E-state index is 12.7. The van der Waals surface area contributed by atoms with E-state index in [1.807, 2.05) is 19.1 Å². The Hall–Kier alpha value is -2.83. The summed E-state index contributed by atoms with van der Waals surface area (Å²) in [5.74, 6) is -0.346. The molecule has 0 saturated carbocycles. The Bertz CT molecular complexity index is 1100. The van der Waals surface area contributed by atoms with Gasteiger partial charge in [-0.25, -0.2) is 8.42 Å². The molecule has 0 aliphatic rings. The second kappa shape index (κ2) is 9.11. The first kappa shape index (κ1) is 20.9. The van der Waals surface area contributed by atoms with E-state index in [0.717, 1.165) is 11.1 Å². The third kappa shape index (κ3) is 5.59. The van der Waals surface area contributed by atoms with Crippen LogP contribution in [-0.2, 0) is 16.4 Å². The van der Waals surface area contributed by atoms with Crippen molar-refractivity contribution in [2.75, 3.05) is 11.3 Å². The van der Waals surface area contributed by atoms with Gasteiger partial charge in [-0.2, -0.15) is 0 Å². The summed E-state index contributed by atoms with van der Waals surface area (Å²) in [7, 11) is -3.80. The summed E-state index contributed by atoms with van der Waals surface area (Å²) < 4.78 is 27.8. The summed E-state index contributed by atoms with van der Waals surface area (Å²) in [5.41, 5.74) is 2.50. The van der Waals surface area contributed by atoms with Crippen LogP contribution in [0.25, 0.3) is 0 Å². The van der Waals surface area contributed by atoms with E-state index in [1.165, 1.54) is 12.1 Å². The van der Waals surface area contributed by atoms with Gasteiger partial charge in [-0.3, -0.25) is 9.52 Å². The molecule has 1 amide bonds. The molecule has 150 valence electrons. The molecule has 3 aromatic carbocycles. The van der Waals surface area contributed by atoms with Gasteiger partial charge in [-0.05, 0) is 55.3 Å². The number of carbonyl (C=O) groups excluding carboxylic acids is 1. The Morgan fingerprint density at radius 3 is 2.28 bits per heavy atom. The number of sulfonamides is 1. The first-order chi connectivity index (χ1) is 13.8. The van der Waals surface area contributed by atoms with Crippen molar-refractivity contribution < 1.29 is 13.2 Å². The zero-order chi connectivity index (χ0) is 20.9. The molecule has 29 heavy (non-hydrogen) atoms. The van der Waals surface area contributed by atoms with E-state index < -0.39 is 10.0 Å². The van der Waals surface area contributed by atoms with E-state index in [-0.39, 0.29) is 22.1 Å². The monoisotopic (exact) mass is 428 g/mol. The van der Waals surface area contributed by atoms with Crippen molar-refractivity contribution in [1.29, 1.82) is 0 Å². The number of nitrogens with one attached hydrogen (secondary N) is 2. The Morgan fingerprint density at radius 2 is 1.59 bits per heavy atom. The normalized spacial score (nSPS) is 11.1. The molecule has 0 unspecified atom stereocenters. The summed E-state index contributed by atoms with van der Waals surface area (Å²) in [4.78, 5) is 12.7. The average molecular weight is 429 g/mol. The molecule has 3 aromatic rings. The van der Waals surface area contributed by atoms with Crippen LogP contribution in [0.15, 0.2) is 77.7 Å². The van der Waals surface area contributed by atoms with Crippen molar-refractivity contribution in [3.05, 3.63) is 94.5 Å². The lowest BCUT2D eigenvalue weighted by molar-refractivity contribution is 0.0955. The number of carbonyl (C=O) groups is 1. The largest absolute Gasteiger partial charge is 0.352 e. The highest BCUT2D eigenvalue weighted by Gasteiger charge is 2.18. The zero-order valence-corrected chi connectivity index (χ0v) is 17.4. The number of rotatable bonds is 7. The third-order valence-electron chi connectivity index (χ3n) is 4.36. The van der Waals surface area contributed by atoms with Crippen LogP contribution >= 0.6 is 11.6 Å². The smallest absolute Gasteiger partial charge is 0.261 e. The van der Waals surface area contributed by atoms with Gasteiger partial charge in [-0.1, -0.05) is 53.6 Å². The molecular formula is C22H21ClN2O3S. The van der Waals surface area contributed by atoms with E-state index in [1.54, 1.807) is 48.5 Å². The second-order valence-corrected chi connectivity index (χ2v) is 8.72. The van der Waals surface area contributed by atoms with Gasteiger partial charge in [-0.15, -0.1) is 0 Å². The van der Waals surface area contributed by atoms with Crippen LogP contribution in [0, 0.1) is 6.92 Å². The number of para-hydroxylation sites is 1. The predicted molar refractivity (Wildman–Crippen MR) is 116 cm³/mol. The minimum absolute atomic E-state index is 0.140. The van der Waals surface area contributed by atoms with Crippen molar-refractivity contribution >= 4 is 33.2 Å². The van der Waals surface area contributed by atoms with Gasteiger partial charge in [0.15, 0.2) is 0 Å². The molecule has 0 radical (unpaired) electrons. The number of benzene rings is 3. The summed E-state index contributed by atoms with van der Waals surface area (Å²) in [6.07, 6.45) is 0.639. The van der Waals surface area contributed by atoms with Crippen molar-refractivity contribution in [3.63, 3.8) is 0 Å². The van der Waals surface area contributed by atoms with E-state index >= 15 is 0 Å². The lowest BCUT2D eigenvalue weighted by Gasteiger charge is -2.13. The number of hydrogen-bond donors (Lipinski definition) is 2. The first-order valence-electron chi connectivity index (χ1n) is 9.06. The number of hydrogen-bond acceptors (Lipinski definition) is 3. The van der Waals surface area contributed by atoms with E-state index in [2.05, 4.69) is 10.0 Å². The van der Waals surface area contributed by atoms with Crippen molar-refractivity contribution in [2.24, 2.45) is 0 Å².